The third kappa shape index (κ3) is 5.94. The fraction of sp³-hybridized carbons (Fsp3) is 0.174. The summed E-state index contributed by atoms with van der Waals surface area (Å²) < 4.78 is 50.2. The molecule has 1 heterocycles. The Morgan fingerprint density at radius 1 is 1.09 bits per heavy atom. The molecule has 0 fully saturated rings. The maximum Gasteiger partial charge on any atom is 0.416 e. The van der Waals surface area contributed by atoms with Crippen LogP contribution < -0.4 is 25.2 Å². The van der Waals surface area contributed by atoms with Crippen molar-refractivity contribution in [3.05, 3.63) is 72.1 Å². The number of halogens is 3. The summed E-state index contributed by atoms with van der Waals surface area (Å²) in [4.78, 5) is 27.6. The third-order valence-electron chi connectivity index (χ3n) is 4.51. The van der Waals surface area contributed by atoms with Crippen molar-refractivity contribution < 1.29 is 32.2 Å². The van der Waals surface area contributed by atoms with Crippen molar-refractivity contribution in [3.63, 3.8) is 0 Å². The molecule has 0 bridgehead atoms. The van der Waals surface area contributed by atoms with Crippen molar-refractivity contribution >= 4 is 23.7 Å². The number of pyridine rings is 1. The quantitative estimate of drug-likeness (QED) is 0.347. The largest absolute Gasteiger partial charge is 0.494 e. The fourth-order valence-electron chi connectivity index (χ4n) is 2.92. The topological polar surface area (TPSA) is 92.8 Å². The summed E-state index contributed by atoms with van der Waals surface area (Å²) in [5, 5.41) is 3.53. The number of amides is 2. The predicted molar refractivity (Wildman–Crippen MR) is 119 cm³/mol. The van der Waals surface area contributed by atoms with Crippen LogP contribution in [0.1, 0.15) is 23.0 Å². The van der Waals surface area contributed by atoms with Gasteiger partial charge in [0.2, 0.25) is 6.41 Å². The van der Waals surface area contributed by atoms with Crippen molar-refractivity contribution in [2.45, 2.75) is 13.1 Å². The lowest BCUT2D eigenvalue weighted by Gasteiger charge is -2.23. The number of aromatic nitrogens is 1. The van der Waals surface area contributed by atoms with Gasteiger partial charge in [-0.15, -0.1) is 0 Å². The van der Waals surface area contributed by atoms with Gasteiger partial charge < -0.3 is 14.8 Å². The summed E-state index contributed by atoms with van der Waals surface area (Å²) in [5.41, 5.74) is 2.29. The van der Waals surface area contributed by atoms with Gasteiger partial charge in [0.05, 0.1) is 18.4 Å². The number of nitrogens with zero attached hydrogens (tertiary/aromatic N) is 2. The van der Waals surface area contributed by atoms with Crippen LogP contribution in [0.25, 0.3) is 0 Å². The van der Waals surface area contributed by atoms with E-state index in [-0.39, 0.29) is 23.0 Å². The van der Waals surface area contributed by atoms with Gasteiger partial charge in [-0.05, 0) is 55.5 Å². The molecule has 3 aromatic rings. The van der Waals surface area contributed by atoms with Gasteiger partial charge in [-0.1, -0.05) is 0 Å². The zero-order chi connectivity index (χ0) is 24.7. The first-order valence-electron chi connectivity index (χ1n) is 10.0. The van der Waals surface area contributed by atoms with Gasteiger partial charge in [0.15, 0.2) is 0 Å². The Morgan fingerprint density at radius 2 is 1.82 bits per heavy atom. The highest BCUT2D eigenvalue weighted by Gasteiger charge is 2.32. The Labute approximate surface area is 193 Å². The Bertz CT molecular complexity index is 1150. The minimum Gasteiger partial charge on any atom is -0.494 e. The molecule has 0 aliphatic rings. The number of anilines is 2. The molecule has 2 amide bonds. The van der Waals surface area contributed by atoms with Gasteiger partial charge in [-0.3, -0.25) is 20.0 Å². The highest BCUT2D eigenvalue weighted by molar-refractivity contribution is 5.92. The van der Waals surface area contributed by atoms with Crippen LogP contribution >= 0.6 is 0 Å². The summed E-state index contributed by atoms with van der Waals surface area (Å²) in [6.07, 6.45) is -2.80. The third-order valence-corrected chi connectivity index (χ3v) is 4.51. The van der Waals surface area contributed by atoms with E-state index in [4.69, 9.17) is 9.47 Å². The van der Waals surface area contributed by atoms with Gasteiger partial charge in [-0.2, -0.15) is 13.2 Å². The standard InChI is InChI=1S/C23H21F3N4O4/c1-3-27-22(32)19-13-18(10-11-28-19)34-17-7-5-16(6-8-17)29-30(14-31)20-12-15(23(24,25)26)4-9-21(20)33-2/h4-14,29H,3H2,1-2H3,(H,27,32). The maximum atomic E-state index is 13.1. The Hall–Kier alpha value is -4.28. The summed E-state index contributed by atoms with van der Waals surface area (Å²) in [6.45, 7) is 2.26. The van der Waals surface area contributed by atoms with Crippen LogP contribution in [0.15, 0.2) is 60.8 Å². The highest BCUT2D eigenvalue weighted by Crippen LogP contribution is 2.36. The van der Waals surface area contributed by atoms with Crippen molar-refractivity contribution in [1.29, 1.82) is 0 Å². The Morgan fingerprint density at radius 3 is 2.44 bits per heavy atom. The lowest BCUT2D eigenvalue weighted by molar-refractivity contribution is -0.137. The predicted octanol–water partition coefficient (Wildman–Crippen LogP) is 4.64. The van der Waals surface area contributed by atoms with Crippen molar-refractivity contribution in [2.24, 2.45) is 0 Å². The average molecular weight is 474 g/mol. The number of nitrogens with one attached hydrogen (secondary N) is 2. The number of benzene rings is 2. The molecule has 0 spiro atoms. The first kappa shape index (κ1) is 24.4. The second-order valence-corrected chi connectivity index (χ2v) is 6.83. The van der Waals surface area contributed by atoms with Crippen molar-refractivity contribution in [2.75, 3.05) is 24.1 Å². The summed E-state index contributed by atoms with van der Waals surface area (Å²) in [6, 6.07) is 12.2. The zero-order valence-electron chi connectivity index (χ0n) is 18.2. The molecule has 0 unspecified atom stereocenters. The number of ether oxygens (including phenoxy) is 2. The van der Waals surface area contributed by atoms with E-state index in [2.05, 4.69) is 15.7 Å². The monoisotopic (exact) mass is 474 g/mol. The number of hydrazine groups is 1. The van der Waals surface area contributed by atoms with Crippen LogP contribution in [0, 0.1) is 0 Å². The lowest BCUT2D eigenvalue weighted by atomic mass is 10.1. The van der Waals surface area contributed by atoms with E-state index in [0.29, 0.717) is 30.1 Å². The molecule has 0 saturated carbocycles. The smallest absolute Gasteiger partial charge is 0.416 e. The van der Waals surface area contributed by atoms with E-state index in [1.54, 1.807) is 37.3 Å². The van der Waals surface area contributed by atoms with Gasteiger partial charge in [-0.25, -0.2) is 5.01 Å². The number of carbonyl (C=O) groups is 2. The van der Waals surface area contributed by atoms with Crippen LogP contribution in [0.5, 0.6) is 17.2 Å². The number of carbonyl (C=O) groups excluding carboxylic acids is 2. The van der Waals surface area contributed by atoms with E-state index in [9.17, 15) is 22.8 Å². The minimum absolute atomic E-state index is 0.0770. The van der Waals surface area contributed by atoms with Gasteiger partial charge in [0.25, 0.3) is 5.91 Å². The molecule has 3 rings (SSSR count). The van der Waals surface area contributed by atoms with Crippen LogP contribution in [-0.4, -0.2) is 31.0 Å². The Kier molecular flexibility index (Phi) is 7.57. The number of hydrogen-bond acceptors (Lipinski definition) is 6. The lowest BCUT2D eigenvalue weighted by Crippen LogP contribution is -2.28. The number of methoxy groups -OCH3 is 1. The molecule has 0 saturated heterocycles. The van der Waals surface area contributed by atoms with E-state index in [0.717, 1.165) is 23.2 Å². The van der Waals surface area contributed by atoms with Crippen molar-refractivity contribution in [3.8, 4) is 17.2 Å². The molecule has 178 valence electrons. The molecule has 2 aromatic carbocycles. The number of alkyl halides is 3. The fourth-order valence-corrected chi connectivity index (χ4v) is 2.92. The van der Waals surface area contributed by atoms with Gasteiger partial charge in [0, 0.05) is 18.8 Å². The highest BCUT2D eigenvalue weighted by atomic mass is 19.4. The van der Waals surface area contributed by atoms with E-state index in [1.165, 1.54) is 19.4 Å². The minimum atomic E-state index is -4.58. The van der Waals surface area contributed by atoms with Crippen LogP contribution in [0.3, 0.4) is 0 Å². The first-order chi connectivity index (χ1) is 16.2. The number of rotatable bonds is 9. The molecule has 11 heteroatoms. The van der Waals surface area contributed by atoms with Crippen LogP contribution in [0.4, 0.5) is 24.5 Å². The summed E-state index contributed by atoms with van der Waals surface area (Å²) in [7, 11) is 1.29. The van der Waals surface area contributed by atoms with Gasteiger partial charge >= 0.3 is 6.18 Å². The molecule has 1 aromatic heterocycles. The molecule has 2 N–H and O–H groups in total. The first-order valence-corrected chi connectivity index (χ1v) is 10.0. The van der Waals surface area contributed by atoms with E-state index in [1.807, 2.05) is 0 Å². The van der Waals surface area contributed by atoms with E-state index < -0.39 is 11.7 Å². The SMILES string of the molecule is CCNC(=O)c1cc(Oc2ccc(NN(C=O)c3cc(C(F)(F)F)ccc3OC)cc2)ccn1. The number of hydrogen-bond donors (Lipinski definition) is 2. The molecular formula is C23H21F3N4O4. The van der Waals surface area contributed by atoms with E-state index >= 15 is 0 Å². The second kappa shape index (κ2) is 10.6. The van der Waals surface area contributed by atoms with Crippen LogP contribution in [0.2, 0.25) is 0 Å². The molecule has 34 heavy (non-hydrogen) atoms. The molecule has 0 radical (unpaired) electrons. The zero-order valence-corrected chi connectivity index (χ0v) is 18.2. The summed E-state index contributed by atoms with van der Waals surface area (Å²) >= 11 is 0. The summed E-state index contributed by atoms with van der Waals surface area (Å²) in [5.74, 6) is 0.563. The van der Waals surface area contributed by atoms with Gasteiger partial charge in [0.1, 0.15) is 28.6 Å². The average Bonchev–Trinajstić information content (AvgIpc) is 2.83. The molecule has 0 aliphatic carbocycles. The maximum absolute atomic E-state index is 13.1. The molecular weight excluding hydrogens is 453 g/mol. The second-order valence-electron chi connectivity index (χ2n) is 6.83. The molecule has 0 atom stereocenters. The van der Waals surface area contributed by atoms with Crippen molar-refractivity contribution in [1.82, 2.24) is 10.3 Å². The molecule has 8 nitrogen and oxygen atoms in total. The van der Waals surface area contributed by atoms with Crippen LogP contribution in [-0.2, 0) is 11.0 Å². The normalized spacial score (nSPS) is 10.9. The molecule has 0 aliphatic heterocycles. The Balaban J connectivity index is 1.76.